The number of aliphatic carboxylic acids is 1. The first-order chi connectivity index (χ1) is 13.3. The number of carboxylic acid groups (broad SMARTS) is 1. The smallest absolute Gasteiger partial charge is 0.314 e. The zero-order chi connectivity index (χ0) is 20.3. The topological polar surface area (TPSA) is 98.1 Å². The standard InChI is InChI=1S/C21H22FNO5/c22-16-5-1-4-15(9-16)12-21(20(27)28)13-23(8-7-18(21)25)19(26)11-14-3-2-6-17(24)10-14/h1-6,9-10,18,24-25H,7-8,11-13H2,(H,27,28)/t18-,21-/m1/s1. The minimum Gasteiger partial charge on any atom is -0.508 e. The molecular formula is C21H22FNO5. The third-order valence-corrected chi connectivity index (χ3v) is 5.24. The molecule has 1 amide bonds. The highest BCUT2D eigenvalue weighted by Crippen LogP contribution is 2.35. The van der Waals surface area contributed by atoms with Gasteiger partial charge in [0.2, 0.25) is 5.91 Å². The number of hydrogen-bond donors (Lipinski definition) is 3. The molecule has 1 heterocycles. The normalized spacial score (nSPS) is 22.1. The Labute approximate surface area is 161 Å². The van der Waals surface area contributed by atoms with Gasteiger partial charge in [0.25, 0.3) is 0 Å². The van der Waals surface area contributed by atoms with E-state index in [1.54, 1.807) is 18.2 Å². The van der Waals surface area contributed by atoms with Gasteiger partial charge in [0, 0.05) is 13.1 Å². The number of hydrogen-bond acceptors (Lipinski definition) is 4. The SMILES string of the molecule is O=C(Cc1cccc(O)c1)N1CC[C@@H](O)[C@](Cc2cccc(F)c2)(C(=O)O)C1. The van der Waals surface area contributed by atoms with Crippen molar-refractivity contribution in [1.29, 1.82) is 0 Å². The highest BCUT2D eigenvalue weighted by atomic mass is 19.1. The van der Waals surface area contributed by atoms with Crippen molar-refractivity contribution in [3.05, 3.63) is 65.5 Å². The first kappa shape index (κ1) is 19.8. The number of aromatic hydroxyl groups is 1. The van der Waals surface area contributed by atoms with E-state index in [4.69, 9.17) is 0 Å². The van der Waals surface area contributed by atoms with Gasteiger partial charge in [-0.15, -0.1) is 0 Å². The zero-order valence-electron chi connectivity index (χ0n) is 15.2. The number of halogens is 1. The summed E-state index contributed by atoms with van der Waals surface area (Å²) in [6, 6.07) is 11.9. The summed E-state index contributed by atoms with van der Waals surface area (Å²) in [5.41, 5.74) is -0.550. The number of carboxylic acids is 1. The van der Waals surface area contributed by atoms with Crippen LogP contribution >= 0.6 is 0 Å². The Morgan fingerprint density at radius 3 is 2.54 bits per heavy atom. The first-order valence-electron chi connectivity index (χ1n) is 9.02. The van der Waals surface area contributed by atoms with Gasteiger partial charge in [0.05, 0.1) is 12.5 Å². The van der Waals surface area contributed by atoms with Crippen LogP contribution in [0.15, 0.2) is 48.5 Å². The van der Waals surface area contributed by atoms with Crippen LogP contribution in [-0.4, -0.2) is 51.3 Å². The van der Waals surface area contributed by atoms with Crippen LogP contribution in [-0.2, 0) is 22.4 Å². The molecule has 6 nitrogen and oxygen atoms in total. The van der Waals surface area contributed by atoms with Gasteiger partial charge in [-0.3, -0.25) is 9.59 Å². The summed E-state index contributed by atoms with van der Waals surface area (Å²) in [4.78, 5) is 26.3. The molecule has 148 valence electrons. The summed E-state index contributed by atoms with van der Waals surface area (Å²) in [6.45, 7) is 0.0641. The van der Waals surface area contributed by atoms with Crippen LogP contribution in [0.1, 0.15) is 17.5 Å². The number of aliphatic hydroxyl groups is 1. The van der Waals surface area contributed by atoms with Crippen molar-refractivity contribution in [3.8, 4) is 5.75 Å². The molecule has 0 aliphatic carbocycles. The summed E-state index contributed by atoms with van der Waals surface area (Å²) in [5.74, 6) is -1.95. The van der Waals surface area contributed by atoms with Gasteiger partial charge in [-0.05, 0) is 48.2 Å². The molecule has 0 aromatic heterocycles. The van der Waals surface area contributed by atoms with Crippen LogP contribution in [0.4, 0.5) is 4.39 Å². The Kier molecular flexibility index (Phi) is 5.65. The van der Waals surface area contributed by atoms with Crippen LogP contribution in [0.2, 0.25) is 0 Å². The predicted octanol–water partition coefficient (Wildman–Crippen LogP) is 1.98. The molecule has 3 N–H and O–H groups in total. The van der Waals surface area contributed by atoms with E-state index >= 15 is 0 Å². The third-order valence-electron chi connectivity index (χ3n) is 5.24. The minimum absolute atomic E-state index is 0.0140. The van der Waals surface area contributed by atoms with E-state index < -0.39 is 23.3 Å². The maximum absolute atomic E-state index is 13.5. The Morgan fingerprint density at radius 2 is 1.86 bits per heavy atom. The fourth-order valence-corrected chi connectivity index (χ4v) is 3.72. The van der Waals surface area contributed by atoms with Crippen LogP contribution in [0.25, 0.3) is 0 Å². The molecule has 0 spiro atoms. The van der Waals surface area contributed by atoms with Crippen LogP contribution in [0.5, 0.6) is 5.75 Å². The van der Waals surface area contributed by atoms with Crippen molar-refractivity contribution in [2.45, 2.75) is 25.4 Å². The van der Waals surface area contributed by atoms with E-state index in [0.29, 0.717) is 11.1 Å². The number of carbonyl (C=O) groups excluding carboxylic acids is 1. The molecule has 1 fully saturated rings. The monoisotopic (exact) mass is 387 g/mol. The lowest BCUT2D eigenvalue weighted by atomic mass is 9.72. The van der Waals surface area contributed by atoms with E-state index in [9.17, 15) is 29.3 Å². The molecule has 0 unspecified atom stereocenters. The number of rotatable bonds is 5. The van der Waals surface area contributed by atoms with E-state index in [2.05, 4.69) is 0 Å². The average Bonchev–Trinajstić information content (AvgIpc) is 2.63. The summed E-state index contributed by atoms with van der Waals surface area (Å²) < 4.78 is 13.5. The summed E-state index contributed by atoms with van der Waals surface area (Å²) in [5, 5.41) is 29.9. The third kappa shape index (κ3) is 4.14. The molecule has 3 rings (SSSR count). The molecule has 7 heteroatoms. The molecule has 1 aliphatic rings. The van der Waals surface area contributed by atoms with Gasteiger partial charge < -0.3 is 20.2 Å². The fraction of sp³-hybridized carbons (Fsp3) is 0.333. The number of amides is 1. The van der Waals surface area contributed by atoms with Crippen molar-refractivity contribution < 1.29 is 29.3 Å². The molecular weight excluding hydrogens is 365 g/mol. The lowest BCUT2D eigenvalue weighted by Gasteiger charge is -2.43. The summed E-state index contributed by atoms with van der Waals surface area (Å²) in [7, 11) is 0. The molecule has 0 saturated carbocycles. The number of phenols is 1. The largest absolute Gasteiger partial charge is 0.508 e. The van der Waals surface area contributed by atoms with Crippen LogP contribution in [0, 0.1) is 11.2 Å². The van der Waals surface area contributed by atoms with E-state index in [1.807, 2.05) is 0 Å². The average molecular weight is 387 g/mol. The van der Waals surface area contributed by atoms with Crippen LogP contribution < -0.4 is 0 Å². The highest BCUT2D eigenvalue weighted by molar-refractivity contribution is 5.82. The van der Waals surface area contributed by atoms with Crippen molar-refractivity contribution in [2.24, 2.45) is 5.41 Å². The molecule has 2 aromatic rings. The quantitative estimate of drug-likeness (QED) is 0.729. The molecule has 28 heavy (non-hydrogen) atoms. The number of benzene rings is 2. The zero-order valence-corrected chi connectivity index (χ0v) is 15.2. The second-order valence-electron chi connectivity index (χ2n) is 7.23. The van der Waals surface area contributed by atoms with Gasteiger partial charge in [-0.1, -0.05) is 24.3 Å². The second-order valence-corrected chi connectivity index (χ2v) is 7.23. The van der Waals surface area contributed by atoms with Crippen molar-refractivity contribution >= 4 is 11.9 Å². The van der Waals surface area contributed by atoms with E-state index in [0.717, 1.165) is 0 Å². The molecule has 1 saturated heterocycles. The Morgan fingerprint density at radius 1 is 1.14 bits per heavy atom. The molecule has 1 aliphatic heterocycles. The number of nitrogens with zero attached hydrogens (tertiary/aromatic N) is 1. The van der Waals surface area contributed by atoms with Crippen LogP contribution in [0.3, 0.4) is 0 Å². The Balaban J connectivity index is 1.82. The first-order valence-corrected chi connectivity index (χ1v) is 9.02. The van der Waals surface area contributed by atoms with Crippen molar-refractivity contribution in [3.63, 3.8) is 0 Å². The van der Waals surface area contributed by atoms with E-state index in [1.165, 1.54) is 35.2 Å². The maximum atomic E-state index is 13.5. The van der Waals surface area contributed by atoms with E-state index in [-0.39, 0.29) is 44.0 Å². The van der Waals surface area contributed by atoms with Gasteiger partial charge in [0.15, 0.2) is 0 Å². The second kappa shape index (κ2) is 7.98. The Bertz CT molecular complexity index is 887. The lowest BCUT2D eigenvalue weighted by Crippen LogP contribution is -2.58. The maximum Gasteiger partial charge on any atom is 0.314 e. The predicted molar refractivity (Wildman–Crippen MR) is 99.2 cm³/mol. The van der Waals surface area contributed by atoms with Gasteiger partial charge >= 0.3 is 5.97 Å². The minimum atomic E-state index is -1.61. The number of carbonyl (C=O) groups is 2. The lowest BCUT2D eigenvalue weighted by molar-refractivity contribution is -0.165. The molecule has 0 radical (unpaired) electrons. The van der Waals surface area contributed by atoms with Gasteiger partial charge in [0.1, 0.15) is 17.0 Å². The number of phenolic OH excluding ortho intramolecular Hbond substituents is 1. The summed E-state index contributed by atoms with van der Waals surface area (Å²) in [6.07, 6.45) is -1.11. The number of aliphatic hydroxyl groups excluding tert-OH is 1. The number of piperidine rings is 1. The highest BCUT2D eigenvalue weighted by Gasteiger charge is 2.50. The summed E-state index contributed by atoms with van der Waals surface area (Å²) >= 11 is 0. The molecule has 2 atom stereocenters. The van der Waals surface area contributed by atoms with Gasteiger partial charge in [-0.2, -0.15) is 0 Å². The molecule has 0 bridgehead atoms. The Hall–Kier alpha value is -2.93. The number of likely N-dealkylation sites (tertiary alicyclic amines) is 1. The van der Waals surface area contributed by atoms with Gasteiger partial charge in [-0.25, -0.2) is 4.39 Å². The molecule has 2 aromatic carbocycles. The fourth-order valence-electron chi connectivity index (χ4n) is 3.72. The van der Waals surface area contributed by atoms with Crippen molar-refractivity contribution in [1.82, 2.24) is 4.90 Å². The van der Waals surface area contributed by atoms with Crippen molar-refractivity contribution in [2.75, 3.05) is 13.1 Å².